The van der Waals surface area contributed by atoms with Gasteiger partial charge in [-0.1, -0.05) is 19.3 Å². The summed E-state index contributed by atoms with van der Waals surface area (Å²) < 4.78 is 7.50. The third-order valence-corrected chi connectivity index (χ3v) is 4.50. The summed E-state index contributed by atoms with van der Waals surface area (Å²) in [7, 11) is 1.60. The molecule has 1 aliphatic carbocycles. The minimum Gasteiger partial charge on any atom is -0.479 e. The number of hydrogen-bond donors (Lipinski definition) is 0. The molecule has 0 atom stereocenters. The summed E-state index contributed by atoms with van der Waals surface area (Å²) in [5.41, 5.74) is 1.57. The maximum Gasteiger partial charge on any atom is 0.245 e. The molecule has 0 aromatic carbocycles. The Balaban J connectivity index is 2.22. The van der Waals surface area contributed by atoms with Crippen molar-refractivity contribution in [2.24, 2.45) is 0 Å². The molecule has 0 N–H and O–H groups in total. The SMILES string of the molecule is COc1ncnc2c1nc(CCl)n2C1(C)CCCCC1. The van der Waals surface area contributed by atoms with Crippen LogP contribution in [0.3, 0.4) is 0 Å². The van der Waals surface area contributed by atoms with Crippen LogP contribution in [0, 0.1) is 0 Å². The second-order valence-electron chi connectivity index (χ2n) is 5.61. The van der Waals surface area contributed by atoms with Gasteiger partial charge in [0.1, 0.15) is 12.2 Å². The first-order valence-corrected chi connectivity index (χ1v) is 7.56. The largest absolute Gasteiger partial charge is 0.479 e. The Kier molecular flexibility index (Phi) is 3.54. The van der Waals surface area contributed by atoms with Gasteiger partial charge in [0.2, 0.25) is 5.88 Å². The van der Waals surface area contributed by atoms with Gasteiger partial charge in [0.15, 0.2) is 11.2 Å². The van der Waals surface area contributed by atoms with Crippen LogP contribution < -0.4 is 4.74 Å². The molecule has 2 aromatic rings. The minimum atomic E-state index is 0.0383. The number of halogens is 1. The highest BCUT2D eigenvalue weighted by molar-refractivity contribution is 6.16. The van der Waals surface area contributed by atoms with Crippen molar-refractivity contribution in [2.75, 3.05) is 7.11 Å². The van der Waals surface area contributed by atoms with Crippen molar-refractivity contribution in [3.8, 4) is 5.88 Å². The lowest BCUT2D eigenvalue weighted by Crippen LogP contribution is -2.33. The van der Waals surface area contributed by atoms with Gasteiger partial charge >= 0.3 is 0 Å². The molecule has 1 saturated carbocycles. The molecule has 20 heavy (non-hydrogen) atoms. The van der Waals surface area contributed by atoms with Crippen LogP contribution in [-0.4, -0.2) is 26.6 Å². The first-order chi connectivity index (χ1) is 9.69. The molecule has 0 radical (unpaired) electrons. The van der Waals surface area contributed by atoms with Crippen LogP contribution in [0.4, 0.5) is 0 Å². The number of rotatable bonds is 3. The maximum atomic E-state index is 6.11. The zero-order valence-electron chi connectivity index (χ0n) is 11.9. The molecule has 0 spiro atoms. The van der Waals surface area contributed by atoms with E-state index in [9.17, 15) is 0 Å². The molecule has 0 bridgehead atoms. The Morgan fingerprint density at radius 1 is 1.30 bits per heavy atom. The van der Waals surface area contributed by atoms with E-state index in [1.54, 1.807) is 7.11 Å². The Labute approximate surface area is 123 Å². The number of imidazole rings is 1. The van der Waals surface area contributed by atoms with Crippen molar-refractivity contribution < 1.29 is 4.74 Å². The highest BCUT2D eigenvalue weighted by atomic mass is 35.5. The topological polar surface area (TPSA) is 52.8 Å². The highest BCUT2D eigenvalue weighted by Crippen LogP contribution is 2.38. The molecule has 0 aliphatic heterocycles. The molecule has 2 heterocycles. The van der Waals surface area contributed by atoms with Gasteiger partial charge in [0.25, 0.3) is 0 Å². The van der Waals surface area contributed by atoms with Crippen molar-refractivity contribution in [3.63, 3.8) is 0 Å². The molecule has 108 valence electrons. The second kappa shape index (κ2) is 5.20. The molecule has 1 fully saturated rings. The average Bonchev–Trinajstić information content (AvgIpc) is 2.87. The fourth-order valence-corrected chi connectivity index (χ4v) is 3.44. The molecule has 6 heteroatoms. The van der Waals surface area contributed by atoms with Crippen molar-refractivity contribution in [3.05, 3.63) is 12.2 Å². The van der Waals surface area contributed by atoms with Crippen LogP contribution in [0.15, 0.2) is 6.33 Å². The van der Waals surface area contributed by atoms with Crippen LogP contribution in [0.25, 0.3) is 11.2 Å². The summed E-state index contributed by atoms with van der Waals surface area (Å²) in [6, 6.07) is 0. The summed E-state index contributed by atoms with van der Waals surface area (Å²) in [5.74, 6) is 1.74. The van der Waals surface area contributed by atoms with Gasteiger partial charge in [-0.25, -0.2) is 9.97 Å². The number of ether oxygens (including phenoxy) is 1. The van der Waals surface area contributed by atoms with E-state index < -0.39 is 0 Å². The molecular formula is C14H19ClN4O. The number of alkyl halides is 1. The second-order valence-corrected chi connectivity index (χ2v) is 5.88. The summed E-state index contributed by atoms with van der Waals surface area (Å²) in [6.07, 6.45) is 7.57. The van der Waals surface area contributed by atoms with Gasteiger partial charge in [-0.05, 0) is 19.8 Å². The minimum absolute atomic E-state index is 0.0383. The van der Waals surface area contributed by atoms with Gasteiger partial charge < -0.3 is 9.30 Å². The van der Waals surface area contributed by atoms with Crippen molar-refractivity contribution in [1.82, 2.24) is 19.5 Å². The van der Waals surface area contributed by atoms with Gasteiger partial charge in [0, 0.05) is 5.54 Å². The van der Waals surface area contributed by atoms with Gasteiger partial charge in [-0.3, -0.25) is 0 Å². The van der Waals surface area contributed by atoms with E-state index in [2.05, 4.69) is 26.4 Å². The first-order valence-electron chi connectivity index (χ1n) is 7.02. The van der Waals surface area contributed by atoms with Crippen LogP contribution in [0.1, 0.15) is 44.9 Å². The predicted molar refractivity (Wildman–Crippen MR) is 78.2 cm³/mol. The lowest BCUT2D eigenvalue weighted by atomic mass is 9.83. The number of fused-ring (bicyclic) bond motifs is 1. The molecule has 0 amide bonds. The van der Waals surface area contributed by atoms with Crippen molar-refractivity contribution >= 4 is 22.8 Å². The fourth-order valence-electron chi connectivity index (χ4n) is 3.26. The zero-order valence-corrected chi connectivity index (χ0v) is 12.7. The highest BCUT2D eigenvalue weighted by Gasteiger charge is 2.33. The van der Waals surface area contributed by atoms with E-state index in [1.807, 2.05) is 0 Å². The summed E-state index contributed by atoms with van der Waals surface area (Å²) in [6.45, 7) is 2.28. The summed E-state index contributed by atoms with van der Waals surface area (Å²) in [5, 5.41) is 0. The van der Waals surface area contributed by atoms with Crippen LogP contribution in [-0.2, 0) is 11.4 Å². The first kappa shape index (κ1) is 13.6. The maximum absolute atomic E-state index is 6.11. The smallest absolute Gasteiger partial charge is 0.245 e. The quantitative estimate of drug-likeness (QED) is 0.815. The lowest BCUT2D eigenvalue weighted by Gasteiger charge is -2.36. The summed E-state index contributed by atoms with van der Waals surface area (Å²) in [4.78, 5) is 13.2. The number of hydrogen-bond acceptors (Lipinski definition) is 4. The van der Waals surface area contributed by atoms with E-state index in [1.165, 1.54) is 25.6 Å². The Morgan fingerprint density at radius 3 is 2.70 bits per heavy atom. The molecule has 0 saturated heterocycles. The van der Waals surface area contributed by atoms with Crippen LogP contribution in [0.5, 0.6) is 5.88 Å². The van der Waals surface area contributed by atoms with E-state index in [4.69, 9.17) is 16.3 Å². The van der Waals surface area contributed by atoms with Gasteiger partial charge in [-0.15, -0.1) is 11.6 Å². The zero-order chi connectivity index (χ0) is 14.2. The van der Waals surface area contributed by atoms with Crippen LogP contribution in [0.2, 0.25) is 0 Å². The number of aromatic nitrogens is 4. The van der Waals surface area contributed by atoms with E-state index in [0.717, 1.165) is 24.3 Å². The van der Waals surface area contributed by atoms with Gasteiger partial charge in [-0.2, -0.15) is 4.98 Å². The molecule has 5 nitrogen and oxygen atoms in total. The molecule has 2 aromatic heterocycles. The van der Waals surface area contributed by atoms with E-state index in [0.29, 0.717) is 17.3 Å². The monoisotopic (exact) mass is 294 g/mol. The normalized spacial score (nSPS) is 18.4. The standard InChI is InChI=1S/C14H19ClN4O/c1-14(6-4-3-5-7-14)19-10(8-15)18-11-12(19)16-9-17-13(11)20-2/h9H,3-8H2,1-2H3. The summed E-state index contributed by atoms with van der Waals surface area (Å²) >= 11 is 6.11. The third-order valence-electron chi connectivity index (χ3n) is 4.26. The molecule has 3 rings (SSSR count). The van der Waals surface area contributed by atoms with Crippen LogP contribution >= 0.6 is 11.6 Å². The molecule has 1 aliphatic rings. The van der Waals surface area contributed by atoms with Crippen molar-refractivity contribution in [1.29, 1.82) is 0 Å². The predicted octanol–water partition coefficient (Wildman–Crippen LogP) is 3.25. The average molecular weight is 295 g/mol. The number of nitrogens with zero attached hydrogens (tertiary/aromatic N) is 4. The fraction of sp³-hybridized carbons (Fsp3) is 0.643. The third kappa shape index (κ3) is 2.04. The lowest BCUT2D eigenvalue weighted by molar-refractivity contribution is 0.219. The molecular weight excluding hydrogens is 276 g/mol. The van der Waals surface area contributed by atoms with Gasteiger partial charge in [0.05, 0.1) is 13.0 Å². The van der Waals surface area contributed by atoms with E-state index in [-0.39, 0.29) is 5.54 Å². The Bertz CT molecular complexity index is 619. The molecule has 0 unspecified atom stereocenters. The number of methoxy groups -OCH3 is 1. The van der Waals surface area contributed by atoms with Crippen molar-refractivity contribution in [2.45, 2.75) is 50.4 Å². The van der Waals surface area contributed by atoms with E-state index >= 15 is 0 Å². The Morgan fingerprint density at radius 2 is 2.05 bits per heavy atom. The Hall–Kier alpha value is -1.36.